The van der Waals surface area contributed by atoms with Crippen molar-refractivity contribution in [1.29, 1.82) is 0 Å². The van der Waals surface area contributed by atoms with Crippen LogP contribution in [0.3, 0.4) is 0 Å². The molecule has 2 aromatic rings. The van der Waals surface area contributed by atoms with Crippen molar-refractivity contribution in [2.45, 2.75) is 31.0 Å². The molecule has 2 heterocycles. The highest BCUT2D eigenvalue weighted by atomic mass is 35.5. The molecule has 108 valence electrons. The van der Waals surface area contributed by atoms with Crippen molar-refractivity contribution in [2.24, 2.45) is 0 Å². The van der Waals surface area contributed by atoms with Gasteiger partial charge in [-0.1, -0.05) is 11.6 Å². The Morgan fingerprint density at radius 3 is 2.75 bits per heavy atom. The third-order valence-electron chi connectivity index (χ3n) is 2.92. The van der Waals surface area contributed by atoms with E-state index in [1.807, 2.05) is 6.92 Å². The van der Waals surface area contributed by atoms with E-state index in [0.29, 0.717) is 23.0 Å². The van der Waals surface area contributed by atoms with Crippen molar-refractivity contribution in [3.05, 3.63) is 34.9 Å². The number of hydrogen-bond acceptors (Lipinski definition) is 5. The van der Waals surface area contributed by atoms with E-state index >= 15 is 0 Å². The molecule has 6 nitrogen and oxygen atoms in total. The Morgan fingerprint density at radius 1 is 1.45 bits per heavy atom. The van der Waals surface area contributed by atoms with Crippen LogP contribution in [0.1, 0.15) is 18.3 Å². The molecule has 0 radical (unpaired) electrons. The molecule has 0 saturated carbocycles. The largest absolute Gasteiger partial charge is 0.396 e. The number of nitrogens with two attached hydrogens (primary N) is 1. The van der Waals surface area contributed by atoms with E-state index in [-0.39, 0.29) is 16.3 Å². The first-order chi connectivity index (χ1) is 9.36. The van der Waals surface area contributed by atoms with Crippen LogP contribution in [0.25, 0.3) is 0 Å². The summed E-state index contributed by atoms with van der Waals surface area (Å²) in [5.41, 5.74) is 6.89. The molecule has 2 rings (SSSR count). The summed E-state index contributed by atoms with van der Waals surface area (Å²) >= 11 is 6.13. The molecule has 20 heavy (non-hydrogen) atoms. The molecule has 0 bridgehead atoms. The minimum atomic E-state index is -3.60. The third kappa shape index (κ3) is 2.64. The maximum absolute atomic E-state index is 12.4. The van der Waals surface area contributed by atoms with E-state index in [1.165, 1.54) is 18.5 Å². The van der Waals surface area contributed by atoms with Gasteiger partial charge in [-0.15, -0.1) is 0 Å². The van der Waals surface area contributed by atoms with E-state index in [4.69, 9.17) is 17.3 Å². The van der Waals surface area contributed by atoms with Gasteiger partial charge in [0.2, 0.25) is 0 Å². The van der Waals surface area contributed by atoms with Crippen LogP contribution in [0.15, 0.2) is 23.4 Å². The summed E-state index contributed by atoms with van der Waals surface area (Å²) in [6.45, 7) is 4.16. The number of nitrogens with zero attached hydrogens (tertiary/aromatic N) is 3. The summed E-state index contributed by atoms with van der Waals surface area (Å²) in [6.07, 6.45) is 2.71. The maximum Gasteiger partial charge on any atom is 0.186 e. The predicted octanol–water partition coefficient (Wildman–Crippen LogP) is 1.82. The van der Waals surface area contributed by atoms with Crippen LogP contribution in [0, 0.1) is 6.92 Å². The van der Waals surface area contributed by atoms with Crippen LogP contribution >= 0.6 is 11.6 Å². The van der Waals surface area contributed by atoms with Crippen LogP contribution in [0.5, 0.6) is 0 Å². The van der Waals surface area contributed by atoms with Crippen molar-refractivity contribution in [3.63, 3.8) is 0 Å². The highest BCUT2D eigenvalue weighted by Crippen LogP contribution is 2.26. The van der Waals surface area contributed by atoms with Crippen molar-refractivity contribution >= 4 is 27.1 Å². The van der Waals surface area contributed by atoms with Gasteiger partial charge >= 0.3 is 0 Å². The van der Waals surface area contributed by atoms with Gasteiger partial charge in [0, 0.05) is 12.7 Å². The Kier molecular flexibility index (Phi) is 4.01. The Morgan fingerprint density at radius 2 is 2.15 bits per heavy atom. The maximum atomic E-state index is 12.4. The van der Waals surface area contributed by atoms with Crippen LogP contribution in [-0.4, -0.2) is 23.2 Å². The molecule has 0 fully saturated rings. The molecular weight excluding hydrogens is 300 g/mol. The lowest BCUT2D eigenvalue weighted by atomic mass is 10.4. The average Bonchev–Trinajstić information content (AvgIpc) is 2.66. The summed E-state index contributed by atoms with van der Waals surface area (Å²) in [6, 6.07) is 1.39. The first-order valence-electron chi connectivity index (χ1n) is 6.00. The second kappa shape index (κ2) is 5.41. The highest BCUT2D eigenvalue weighted by Gasteiger charge is 2.23. The number of pyridine rings is 1. The van der Waals surface area contributed by atoms with Crippen molar-refractivity contribution < 1.29 is 8.42 Å². The Labute approximate surface area is 122 Å². The lowest BCUT2D eigenvalue weighted by Gasteiger charge is -2.08. The molecule has 0 amide bonds. The fourth-order valence-corrected chi connectivity index (χ4v) is 3.71. The summed E-state index contributed by atoms with van der Waals surface area (Å²) in [5.74, 6) is -0.241. The number of hydrogen-bond donors (Lipinski definition) is 1. The molecule has 0 aliphatic rings. The molecule has 0 aromatic carbocycles. The van der Waals surface area contributed by atoms with E-state index in [2.05, 4.69) is 10.1 Å². The first kappa shape index (κ1) is 14.8. The van der Waals surface area contributed by atoms with Gasteiger partial charge in [0.25, 0.3) is 0 Å². The second-order valence-electron chi connectivity index (χ2n) is 4.33. The lowest BCUT2D eigenvalue weighted by molar-refractivity contribution is 0.586. The SMILES string of the molecule is CCn1nc(C)c(Cl)c1CS(=O)(=O)c1ccncc1N. The number of sulfone groups is 1. The topological polar surface area (TPSA) is 90.9 Å². The monoisotopic (exact) mass is 314 g/mol. The predicted molar refractivity (Wildman–Crippen MR) is 77.2 cm³/mol. The normalized spacial score (nSPS) is 11.8. The fourth-order valence-electron chi connectivity index (χ4n) is 1.94. The van der Waals surface area contributed by atoms with Crippen LogP contribution in [0.4, 0.5) is 5.69 Å². The zero-order valence-electron chi connectivity index (χ0n) is 11.2. The lowest BCUT2D eigenvalue weighted by Crippen LogP contribution is -2.12. The fraction of sp³-hybridized carbons (Fsp3) is 0.333. The van der Waals surface area contributed by atoms with Gasteiger partial charge in [-0.3, -0.25) is 9.67 Å². The molecule has 0 aliphatic heterocycles. The Balaban J connectivity index is 2.47. The van der Waals surface area contributed by atoms with Gasteiger partial charge in [-0.25, -0.2) is 8.42 Å². The van der Waals surface area contributed by atoms with E-state index < -0.39 is 9.84 Å². The molecule has 0 saturated heterocycles. The van der Waals surface area contributed by atoms with Crippen molar-refractivity contribution in [3.8, 4) is 0 Å². The summed E-state index contributed by atoms with van der Waals surface area (Å²) in [4.78, 5) is 3.85. The van der Waals surface area contributed by atoms with Crippen molar-refractivity contribution in [1.82, 2.24) is 14.8 Å². The van der Waals surface area contributed by atoms with Gasteiger partial charge in [0.1, 0.15) is 0 Å². The molecular formula is C12H15ClN4O2S. The number of anilines is 1. The van der Waals surface area contributed by atoms with E-state index in [1.54, 1.807) is 11.6 Å². The Bertz CT molecular complexity index is 740. The molecule has 0 spiro atoms. The van der Waals surface area contributed by atoms with E-state index in [9.17, 15) is 8.42 Å². The quantitative estimate of drug-likeness (QED) is 0.929. The zero-order valence-corrected chi connectivity index (χ0v) is 12.7. The minimum absolute atomic E-state index is 0.0603. The molecule has 2 N–H and O–H groups in total. The van der Waals surface area contributed by atoms with Gasteiger partial charge in [0.15, 0.2) is 9.84 Å². The van der Waals surface area contributed by atoms with Crippen LogP contribution in [0.2, 0.25) is 5.02 Å². The summed E-state index contributed by atoms with van der Waals surface area (Å²) < 4.78 is 26.5. The number of nitrogen functional groups attached to an aromatic ring is 1. The zero-order chi connectivity index (χ0) is 14.9. The first-order valence-corrected chi connectivity index (χ1v) is 8.04. The molecule has 0 atom stereocenters. The van der Waals surface area contributed by atoms with Crippen LogP contribution < -0.4 is 5.73 Å². The molecule has 8 heteroatoms. The summed E-state index contributed by atoms with van der Waals surface area (Å²) in [7, 11) is -3.60. The van der Waals surface area contributed by atoms with Gasteiger partial charge < -0.3 is 5.73 Å². The smallest absolute Gasteiger partial charge is 0.186 e. The number of aryl methyl sites for hydroxylation is 2. The average molecular weight is 315 g/mol. The third-order valence-corrected chi connectivity index (χ3v) is 5.11. The van der Waals surface area contributed by atoms with Crippen molar-refractivity contribution in [2.75, 3.05) is 5.73 Å². The van der Waals surface area contributed by atoms with E-state index in [0.717, 1.165) is 0 Å². The summed E-state index contributed by atoms with van der Waals surface area (Å²) in [5, 5.41) is 4.58. The van der Waals surface area contributed by atoms with Gasteiger partial charge in [0.05, 0.1) is 38.9 Å². The number of rotatable bonds is 4. The van der Waals surface area contributed by atoms with Gasteiger partial charge in [-0.2, -0.15) is 5.10 Å². The number of halogens is 1. The minimum Gasteiger partial charge on any atom is -0.396 e. The Hall–Kier alpha value is -1.60. The molecule has 0 aliphatic carbocycles. The van der Waals surface area contributed by atoms with Crippen LogP contribution in [-0.2, 0) is 22.1 Å². The second-order valence-corrected chi connectivity index (χ2v) is 6.67. The number of aromatic nitrogens is 3. The molecule has 2 aromatic heterocycles. The highest BCUT2D eigenvalue weighted by molar-refractivity contribution is 7.90. The van der Waals surface area contributed by atoms with Gasteiger partial charge in [-0.05, 0) is 19.9 Å². The molecule has 0 unspecified atom stereocenters. The standard InChI is InChI=1S/C12H15ClN4O2S/c1-3-17-10(12(13)8(2)16-17)7-20(18,19)11-4-5-15-6-9(11)14/h4-6H,3,7,14H2,1-2H3.